The zero-order chi connectivity index (χ0) is 15.1. The molecule has 0 radical (unpaired) electrons. The van der Waals surface area contributed by atoms with Crippen LogP contribution in [0.15, 0.2) is 54.6 Å². The van der Waals surface area contributed by atoms with Crippen molar-refractivity contribution >= 4 is 11.8 Å². The number of hydrogen-bond acceptors (Lipinski definition) is 3. The minimum Gasteiger partial charge on any atom is -0.469 e. The van der Waals surface area contributed by atoms with Crippen molar-refractivity contribution in [1.29, 1.82) is 0 Å². The van der Waals surface area contributed by atoms with E-state index in [1.807, 2.05) is 30.3 Å². The molecule has 0 saturated carbocycles. The lowest BCUT2D eigenvalue weighted by molar-refractivity contribution is -0.139. The molecular formula is C18H14O3. The van der Waals surface area contributed by atoms with E-state index in [-0.39, 0.29) is 18.2 Å². The molecule has 0 aromatic heterocycles. The fourth-order valence-corrected chi connectivity index (χ4v) is 1.84. The third-order valence-electron chi connectivity index (χ3n) is 2.92. The number of ether oxygens (including phenoxy) is 1. The molecule has 104 valence electrons. The first-order valence-corrected chi connectivity index (χ1v) is 6.47. The minimum atomic E-state index is -0.383. The molecule has 3 nitrogen and oxygen atoms in total. The first-order valence-electron chi connectivity index (χ1n) is 6.47. The van der Waals surface area contributed by atoms with Gasteiger partial charge >= 0.3 is 5.97 Å². The van der Waals surface area contributed by atoms with Crippen LogP contribution in [0.4, 0.5) is 0 Å². The Morgan fingerprint density at radius 2 is 1.67 bits per heavy atom. The monoisotopic (exact) mass is 278 g/mol. The van der Waals surface area contributed by atoms with Crippen LogP contribution in [-0.2, 0) is 16.0 Å². The number of esters is 1. The third kappa shape index (κ3) is 4.05. The van der Waals surface area contributed by atoms with Crippen LogP contribution >= 0.6 is 0 Å². The van der Waals surface area contributed by atoms with Crippen LogP contribution in [-0.4, -0.2) is 18.9 Å². The van der Waals surface area contributed by atoms with Crippen LogP contribution in [0.5, 0.6) is 0 Å². The molecule has 0 heterocycles. The van der Waals surface area contributed by atoms with Crippen molar-refractivity contribution in [2.24, 2.45) is 0 Å². The van der Waals surface area contributed by atoms with Gasteiger partial charge in [-0.05, 0) is 23.6 Å². The molecule has 21 heavy (non-hydrogen) atoms. The van der Waals surface area contributed by atoms with Crippen LogP contribution in [0.2, 0.25) is 0 Å². The molecule has 2 aromatic carbocycles. The number of rotatable bonds is 3. The van der Waals surface area contributed by atoms with Gasteiger partial charge in [0, 0.05) is 11.1 Å². The lowest BCUT2D eigenvalue weighted by atomic mass is 10.0. The largest absolute Gasteiger partial charge is 0.469 e. The maximum absolute atomic E-state index is 12.2. The number of methoxy groups -OCH3 is 1. The van der Waals surface area contributed by atoms with Gasteiger partial charge in [-0.15, -0.1) is 0 Å². The zero-order valence-electron chi connectivity index (χ0n) is 11.6. The summed E-state index contributed by atoms with van der Waals surface area (Å²) in [5, 5.41) is 0. The molecule has 0 aliphatic carbocycles. The summed E-state index contributed by atoms with van der Waals surface area (Å²) in [6.07, 6.45) is 0.0609. The summed E-state index contributed by atoms with van der Waals surface area (Å²) in [5.41, 5.74) is 1.83. The van der Waals surface area contributed by atoms with Crippen LogP contribution < -0.4 is 0 Å². The van der Waals surface area contributed by atoms with Crippen molar-refractivity contribution in [3.63, 3.8) is 0 Å². The lowest BCUT2D eigenvalue weighted by Gasteiger charge is -2.04. The average Bonchev–Trinajstić information content (AvgIpc) is 2.54. The molecule has 2 aromatic rings. The van der Waals surface area contributed by atoms with Gasteiger partial charge in [0.25, 0.3) is 0 Å². The zero-order valence-corrected chi connectivity index (χ0v) is 11.6. The summed E-state index contributed by atoms with van der Waals surface area (Å²) < 4.78 is 4.63. The Bertz CT molecular complexity index is 706. The second-order valence-corrected chi connectivity index (χ2v) is 4.36. The summed E-state index contributed by atoms with van der Waals surface area (Å²) >= 11 is 0. The van der Waals surface area contributed by atoms with Gasteiger partial charge in [-0.1, -0.05) is 48.4 Å². The van der Waals surface area contributed by atoms with Crippen LogP contribution in [0.25, 0.3) is 0 Å². The van der Waals surface area contributed by atoms with Crippen molar-refractivity contribution in [1.82, 2.24) is 0 Å². The summed E-state index contributed by atoms with van der Waals surface area (Å²) in [6.45, 7) is 0. The fraction of sp³-hybridized carbons (Fsp3) is 0.111. The average molecular weight is 278 g/mol. The lowest BCUT2D eigenvalue weighted by Crippen LogP contribution is -2.09. The van der Waals surface area contributed by atoms with Crippen LogP contribution in [0.3, 0.4) is 0 Å². The number of ketones is 1. The molecule has 0 amide bonds. The van der Waals surface area contributed by atoms with E-state index in [9.17, 15) is 9.59 Å². The van der Waals surface area contributed by atoms with Crippen LogP contribution in [0, 0.1) is 11.8 Å². The van der Waals surface area contributed by atoms with E-state index in [4.69, 9.17) is 0 Å². The van der Waals surface area contributed by atoms with E-state index in [1.165, 1.54) is 7.11 Å². The molecule has 3 heteroatoms. The Balaban J connectivity index is 2.24. The van der Waals surface area contributed by atoms with E-state index in [0.29, 0.717) is 11.1 Å². The Hall–Kier alpha value is -2.86. The van der Waals surface area contributed by atoms with Crippen LogP contribution in [0.1, 0.15) is 21.5 Å². The quantitative estimate of drug-likeness (QED) is 0.492. The minimum absolute atomic E-state index is 0.0609. The van der Waals surface area contributed by atoms with Gasteiger partial charge in [-0.2, -0.15) is 0 Å². The molecule has 0 bridgehead atoms. The summed E-state index contributed by atoms with van der Waals surface area (Å²) in [4.78, 5) is 23.5. The molecule has 0 aliphatic heterocycles. The molecular weight excluding hydrogens is 264 g/mol. The predicted molar refractivity (Wildman–Crippen MR) is 79.8 cm³/mol. The van der Waals surface area contributed by atoms with Gasteiger partial charge in [0.15, 0.2) is 0 Å². The maximum atomic E-state index is 12.2. The molecule has 0 atom stereocenters. The molecule has 0 fully saturated rings. The Morgan fingerprint density at radius 3 is 2.38 bits per heavy atom. The van der Waals surface area contributed by atoms with Crippen molar-refractivity contribution in [3.8, 4) is 11.8 Å². The van der Waals surface area contributed by atoms with Gasteiger partial charge in [0.1, 0.15) is 0 Å². The smallest absolute Gasteiger partial charge is 0.310 e. The van der Waals surface area contributed by atoms with Crippen molar-refractivity contribution in [3.05, 3.63) is 71.3 Å². The first-order chi connectivity index (χ1) is 10.2. The summed E-state index contributed by atoms with van der Waals surface area (Å²) in [7, 11) is 1.32. The SMILES string of the molecule is COC(=O)Cc1ccccc1C(=O)C#Cc1ccccc1. The number of benzene rings is 2. The summed E-state index contributed by atoms with van der Waals surface area (Å²) in [6, 6.07) is 16.2. The van der Waals surface area contributed by atoms with Gasteiger partial charge in [-0.25, -0.2) is 0 Å². The normalized spacial score (nSPS) is 9.38. The topological polar surface area (TPSA) is 43.4 Å². The Kier molecular flexibility index (Phi) is 4.89. The second-order valence-electron chi connectivity index (χ2n) is 4.36. The van der Waals surface area contributed by atoms with E-state index < -0.39 is 0 Å². The van der Waals surface area contributed by atoms with E-state index in [2.05, 4.69) is 16.6 Å². The number of carbonyl (C=O) groups excluding carboxylic acids is 2. The van der Waals surface area contributed by atoms with Gasteiger partial charge < -0.3 is 4.74 Å². The van der Waals surface area contributed by atoms with Gasteiger partial charge in [0.2, 0.25) is 5.78 Å². The van der Waals surface area contributed by atoms with E-state index >= 15 is 0 Å². The molecule has 0 N–H and O–H groups in total. The predicted octanol–water partition coefficient (Wildman–Crippen LogP) is 2.64. The summed E-state index contributed by atoms with van der Waals surface area (Å²) in [5.74, 6) is 4.74. The molecule has 0 spiro atoms. The van der Waals surface area contributed by atoms with Gasteiger partial charge in [-0.3, -0.25) is 9.59 Å². The highest BCUT2D eigenvalue weighted by molar-refractivity contribution is 6.10. The highest BCUT2D eigenvalue weighted by Gasteiger charge is 2.12. The Labute approximate surface area is 123 Å². The fourth-order valence-electron chi connectivity index (χ4n) is 1.84. The highest BCUT2D eigenvalue weighted by atomic mass is 16.5. The number of carbonyl (C=O) groups is 2. The van der Waals surface area contributed by atoms with Crippen molar-refractivity contribution in [2.75, 3.05) is 7.11 Å². The van der Waals surface area contributed by atoms with Gasteiger partial charge in [0.05, 0.1) is 13.5 Å². The highest BCUT2D eigenvalue weighted by Crippen LogP contribution is 2.11. The number of hydrogen-bond donors (Lipinski definition) is 0. The molecule has 2 rings (SSSR count). The van der Waals surface area contributed by atoms with E-state index in [1.54, 1.807) is 24.3 Å². The molecule has 0 unspecified atom stereocenters. The first kappa shape index (κ1) is 14.5. The Morgan fingerprint density at radius 1 is 1.00 bits per heavy atom. The molecule has 0 aliphatic rings. The standard InChI is InChI=1S/C18H14O3/c1-21-18(20)13-15-9-5-6-10-16(15)17(19)12-11-14-7-3-2-4-8-14/h2-10H,13H2,1H3. The molecule has 0 saturated heterocycles. The van der Waals surface area contributed by atoms with Crippen molar-refractivity contribution in [2.45, 2.75) is 6.42 Å². The number of Topliss-reactive ketones (excluding diaryl/α,β-unsaturated/α-hetero) is 1. The maximum Gasteiger partial charge on any atom is 0.310 e. The van der Waals surface area contributed by atoms with Crippen molar-refractivity contribution < 1.29 is 14.3 Å². The van der Waals surface area contributed by atoms with E-state index in [0.717, 1.165) is 5.56 Å². The third-order valence-corrected chi connectivity index (χ3v) is 2.92. The second kappa shape index (κ2) is 7.06.